The second kappa shape index (κ2) is 8.04. The Hall–Kier alpha value is -1.48. The molecular formula is C18H16Br2N2O4. The molecule has 0 spiro atoms. The van der Waals surface area contributed by atoms with Crippen molar-refractivity contribution in [1.82, 2.24) is 9.97 Å². The summed E-state index contributed by atoms with van der Waals surface area (Å²) in [5.41, 5.74) is 1.53. The number of hydrogen-bond acceptors (Lipinski definition) is 6. The molecule has 26 heavy (non-hydrogen) atoms. The summed E-state index contributed by atoms with van der Waals surface area (Å²) in [6, 6.07) is 3.94. The predicted molar refractivity (Wildman–Crippen MR) is 105 cm³/mol. The van der Waals surface area contributed by atoms with Gasteiger partial charge in [-0.2, -0.15) is 0 Å². The largest absolute Gasteiger partial charge is 0.487 e. The quantitative estimate of drug-likeness (QED) is 0.448. The SMILES string of the molecule is Brc1cnc2c(c1)c1c(c3cc(Br)cnc32)OCCOCCOCCO1. The van der Waals surface area contributed by atoms with Crippen LogP contribution in [0.15, 0.2) is 33.5 Å². The van der Waals surface area contributed by atoms with Crippen LogP contribution >= 0.6 is 31.9 Å². The Morgan fingerprint density at radius 1 is 0.654 bits per heavy atom. The minimum absolute atomic E-state index is 0.408. The molecule has 0 saturated heterocycles. The van der Waals surface area contributed by atoms with E-state index >= 15 is 0 Å². The van der Waals surface area contributed by atoms with Crippen LogP contribution in [0.25, 0.3) is 21.8 Å². The van der Waals surface area contributed by atoms with Gasteiger partial charge in [0.2, 0.25) is 0 Å². The van der Waals surface area contributed by atoms with Gasteiger partial charge in [0.1, 0.15) is 24.2 Å². The molecule has 2 aromatic heterocycles. The molecule has 136 valence electrons. The first-order chi connectivity index (χ1) is 12.7. The summed E-state index contributed by atoms with van der Waals surface area (Å²) < 4.78 is 24.9. The first-order valence-corrected chi connectivity index (χ1v) is 9.80. The van der Waals surface area contributed by atoms with E-state index in [1.54, 1.807) is 12.4 Å². The number of aromatic nitrogens is 2. The number of benzene rings is 1. The molecule has 8 heteroatoms. The minimum Gasteiger partial charge on any atom is -0.487 e. The van der Waals surface area contributed by atoms with E-state index in [1.165, 1.54) is 0 Å². The van der Waals surface area contributed by atoms with Crippen LogP contribution in [0.5, 0.6) is 11.5 Å². The lowest BCUT2D eigenvalue weighted by Crippen LogP contribution is -2.16. The van der Waals surface area contributed by atoms with Crippen LogP contribution in [-0.4, -0.2) is 49.6 Å². The molecule has 0 radical (unpaired) electrons. The smallest absolute Gasteiger partial charge is 0.171 e. The van der Waals surface area contributed by atoms with Gasteiger partial charge in [0.05, 0.1) is 26.4 Å². The number of ether oxygens (including phenoxy) is 4. The van der Waals surface area contributed by atoms with Crippen molar-refractivity contribution in [2.45, 2.75) is 0 Å². The Balaban J connectivity index is 1.95. The first kappa shape index (κ1) is 17.9. The molecule has 6 nitrogen and oxygen atoms in total. The second-order valence-electron chi connectivity index (χ2n) is 5.68. The third-order valence-electron chi connectivity index (χ3n) is 3.95. The molecule has 0 unspecified atom stereocenters. The lowest BCUT2D eigenvalue weighted by atomic mass is 10.1. The summed E-state index contributed by atoms with van der Waals surface area (Å²) in [6.07, 6.45) is 3.51. The normalized spacial score (nSPS) is 16.2. The zero-order valence-corrected chi connectivity index (χ0v) is 17.0. The predicted octanol–water partition coefficient (Wildman–Crippen LogP) is 4.11. The molecule has 0 saturated carbocycles. The average molecular weight is 484 g/mol. The van der Waals surface area contributed by atoms with Gasteiger partial charge in [-0.1, -0.05) is 0 Å². The highest BCUT2D eigenvalue weighted by Gasteiger charge is 2.20. The lowest BCUT2D eigenvalue weighted by molar-refractivity contribution is 0.0228. The monoisotopic (exact) mass is 482 g/mol. The van der Waals surface area contributed by atoms with Gasteiger partial charge < -0.3 is 18.9 Å². The third kappa shape index (κ3) is 3.64. The van der Waals surface area contributed by atoms with Gasteiger partial charge in [-0.05, 0) is 44.0 Å². The lowest BCUT2D eigenvalue weighted by Gasteiger charge is -2.19. The fraction of sp³-hybridized carbons (Fsp3) is 0.333. The van der Waals surface area contributed by atoms with Crippen LogP contribution < -0.4 is 9.47 Å². The van der Waals surface area contributed by atoms with E-state index in [0.29, 0.717) is 51.1 Å². The zero-order valence-electron chi connectivity index (χ0n) is 13.8. The van der Waals surface area contributed by atoms with Gasteiger partial charge >= 0.3 is 0 Å². The topological polar surface area (TPSA) is 62.7 Å². The summed E-state index contributed by atoms with van der Waals surface area (Å²) in [4.78, 5) is 9.12. The number of halogens is 2. The molecule has 1 aliphatic rings. The fourth-order valence-corrected chi connectivity index (χ4v) is 3.52. The van der Waals surface area contributed by atoms with Crippen LogP contribution in [0.3, 0.4) is 0 Å². The Labute approximate surface area is 167 Å². The van der Waals surface area contributed by atoms with Crippen LogP contribution in [0.1, 0.15) is 0 Å². The molecule has 1 aliphatic heterocycles. The molecule has 0 N–H and O–H groups in total. The Morgan fingerprint density at radius 2 is 1.08 bits per heavy atom. The van der Waals surface area contributed by atoms with Gasteiger partial charge in [0, 0.05) is 32.1 Å². The highest BCUT2D eigenvalue weighted by Crippen LogP contribution is 2.43. The van der Waals surface area contributed by atoms with E-state index in [4.69, 9.17) is 18.9 Å². The first-order valence-electron chi connectivity index (χ1n) is 8.21. The third-order valence-corrected chi connectivity index (χ3v) is 4.82. The van der Waals surface area contributed by atoms with Gasteiger partial charge in [-0.25, -0.2) is 0 Å². The number of fused-ring (bicyclic) bond motifs is 6. The summed E-state index contributed by atoms with van der Waals surface area (Å²) in [5.74, 6) is 1.29. The summed E-state index contributed by atoms with van der Waals surface area (Å²) in [7, 11) is 0. The molecule has 0 atom stereocenters. The maximum atomic E-state index is 6.08. The Kier molecular flexibility index (Phi) is 5.54. The molecule has 1 aromatic carbocycles. The number of nitrogens with zero attached hydrogens (tertiary/aromatic N) is 2. The van der Waals surface area contributed by atoms with Crippen molar-refractivity contribution in [1.29, 1.82) is 0 Å². The molecule has 3 heterocycles. The molecule has 4 rings (SSSR count). The van der Waals surface area contributed by atoms with E-state index < -0.39 is 0 Å². The number of pyridine rings is 2. The van der Waals surface area contributed by atoms with Crippen LogP contribution in [0, 0.1) is 0 Å². The molecular weight excluding hydrogens is 468 g/mol. The van der Waals surface area contributed by atoms with Crippen molar-refractivity contribution in [2.24, 2.45) is 0 Å². The minimum atomic E-state index is 0.408. The molecule has 0 aliphatic carbocycles. The van der Waals surface area contributed by atoms with Gasteiger partial charge in [0.15, 0.2) is 11.5 Å². The summed E-state index contributed by atoms with van der Waals surface area (Å²) in [5, 5.41) is 1.68. The maximum absolute atomic E-state index is 6.08. The maximum Gasteiger partial charge on any atom is 0.171 e. The van der Waals surface area contributed by atoms with Crippen LogP contribution in [-0.2, 0) is 9.47 Å². The summed E-state index contributed by atoms with van der Waals surface area (Å²) in [6.45, 7) is 2.84. The van der Waals surface area contributed by atoms with Crippen molar-refractivity contribution in [3.05, 3.63) is 33.5 Å². The van der Waals surface area contributed by atoms with E-state index in [0.717, 1.165) is 30.8 Å². The summed E-state index contributed by atoms with van der Waals surface area (Å²) >= 11 is 6.98. The fourth-order valence-electron chi connectivity index (χ4n) is 2.86. The average Bonchev–Trinajstić information content (AvgIpc) is 2.62. The number of rotatable bonds is 0. The number of hydrogen-bond donors (Lipinski definition) is 0. The Bertz CT molecular complexity index is 875. The van der Waals surface area contributed by atoms with Gasteiger partial charge in [0.25, 0.3) is 0 Å². The van der Waals surface area contributed by atoms with Gasteiger partial charge in [-0.3, -0.25) is 9.97 Å². The zero-order chi connectivity index (χ0) is 17.9. The van der Waals surface area contributed by atoms with Crippen molar-refractivity contribution in [3.8, 4) is 11.5 Å². The van der Waals surface area contributed by atoms with Crippen molar-refractivity contribution >= 4 is 53.7 Å². The van der Waals surface area contributed by atoms with E-state index in [-0.39, 0.29) is 0 Å². The second-order valence-corrected chi connectivity index (χ2v) is 7.51. The van der Waals surface area contributed by atoms with E-state index in [1.807, 2.05) is 12.1 Å². The van der Waals surface area contributed by atoms with Crippen LogP contribution in [0.4, 0.5) is 0 Å². The molecule has 0 bridgehead atoms. The van der Waals surface area contributed by atoms with E-state index in [2.05, 4.69) is 41.8 Å². The molecule has 3 aromatic rings. The molecule has 0 fully saturated rings. The van der Waals surface area contributed by atoms with Crippen molar-refractivity contribution < 1.29 is 18.9 Å². The van der Waals surface area contributed by atoms with Crippen molar-refractivity contribution in [3.63, 3.8) is 0 Å². The molecule has 0 amide bonds. The Morgan fingerprint density at radius 3 is 1.54 bits per heavy atom. The highest BCUT2D eigenvalue weighted by atomic mass is 79.9. The van der Waals surface area contributed by atoms with Gasteiger partial charge in [-0.15, -0.1) is 0 Å². The van der Waals surface area contributed by atoms with Crippen LogP contribution in [0.2, 0.25) is 0 Å². The van der Waals surface area contributed by atoms with Crippen molar-refractivity contribution in [2.75, 3.05) is 39.6 Å². The standard InChI is InChI=1S/C18H16Br2N2O4/c19-11-7-13-15(21-9-11)16-14(8-12(20)10-22-16)18-17(13)25-5-3-23-1-2-24-4-6-26-18/h7-10H,1-6H2. The highest BCUT2D eigenvalue weighted by molar-refractivity contribution is 9.10. The van der Waals surface area contributed by atoms with E-state index in [9.17, 15) is 0 Å².